The van der Waals surface area contributed by atoms with Gasteiger partial charge in [0, 0.05) is 10.6 Å². The zero-order valence-electron chi connectivity index (χ0n) is 17.9. The Hall–Kier alpha value is -2.15. The molecule has 0 aromatic heterocycles. The summed E-state index contributed by atoms with van der Waals surface area (Å²) in [6.07, 6.45) is -0.638. The molecule has 2 amide bonds. The van der Waals surface area contributed by atoms with Gasteiger partial charge in [0.05, 0.1) is 13.2 Å². The number of nitrogens with zero attached hydrogens (tertiary/aromatic N) is 1. The van der Waals surface area contributed by atoms with Crippen LogP contribution in [0.1, 0.15) is 42.7 Å². The predicted octanol–water partition coefficient (Wildman–Crippen LogP) is 5.46. The van der Waals surface area contributed by atoms with Gasteiger partial charge in [0.2, 0.25) is 0 Å². The number of halogens is 1. The van der Waals surface area contributed by atoms with E-state index in [0.29, 0.717) is 10.6 Å². The minimum absolute atomic E-state index is 0.275. The van der Waals surface area contributed by atoms with Gasteiger partial charge in [-0.1, -0.05) is 44.5 Å². The highest BCUT2D eigenvalue weighted by Gasteiger charge is 2.54. The second kappa shape index (κ2) is 9.33. The van der Waals surface area contributed by atoms with E-state index >= 15 is 0 Å². The van der Waals surface area contributed by atoms with Crippen LogP contribution in [-0.4, -0.2) is 38.2 Å². The van der Waals surface area contributed by atoms with E-state index in [1.54, 1.807) is 31.4 Å². The Bertz CT molecular complexity index is 888. The average molecular weight is 446 g/mol. The molecule has 0 N–H and O–H groups in total. The fraction of sp³-hybridized carbons (Fsp3) is 0.391. The van der Waals surface area contributed by atoms with Crippen LogP contribution in [0.4, 0.5) is 0 Å². The Kier molecular flexibility index (Phi) is 7.01. The summed E-state index contributed by atoms with van der Waals surface area (Å²) in [5.74, 6) is 0.105. The lowest BCUT2D eigenvalue weighted by molar-refractivity contribution is -0.158. The van der Waals surface area contributed by atoms with E-state index in [0.717, 1.165) is 29.4 Å². The number of carbonyl (C=O) groups is 2. The Morgan fingerprint density at radius 3 is 2.07 bits per heavy atom. The van der Waals surface area contributed by atoms with Crippen LogP contribution in [0.5, 0.6) is 5.75 Å². The second-order valence-electron chi connectivity index (χ2n) is 7.52. The first-order valence-corrected chi connectivity index (χ1v) is 13.2. The van der Waals surface area contributed by atoms with Crippen molar-refractivity contribution in [2.45, 2.75) is 51.0 Å². The Morgan fingerprint density at radius 2 is 1.57 bits per heavy atom. The van der Waals surface area contributed by atoms with Gasteiger partial charge in [-0.3, -0.25) is 14.5 Å². The first-order chi connectivity index (χ1) is 14.4. The number of likely N-dealkylation sites (tertiary alicyclic amines) is 1. The molecular formula is C23H28ClNO4Si. The number of hydrogen-bond donors (Lipinski definition) is 0. The number of benzene rings is 2. The maximum Gasteiger partial charge on any atom is 0.261 e. The highest BCUT2D eigenvalue weighted by molar-refractivity contribution is 6.73. The molecule has 2 aromatic carbocycles. The van der Waals surface area contributed by atoms with Crippen LogP contribution >= 0.6 is 11.6 Å². The summed E-state index contributed by atoms with van der Waals surface area (Å²) < 4.78 is 11.8. The highest BCUT2D eigenvalue weighted by Crippen LogP contribution is 2.41. The minimum atomic E-state index is -2.04. The first-order valence-electron chi connectivity index (χ1n) is 10.3. The van der Waals surface area contributed by atoms with Gasteiger partial charge in [0.15, 0.2) is 14.4 Å². The SMILES string of the molecule is CC[Si](CC)(CC)O[C@@H]1C(=O)N(C(=O)c2ccc(Cl)cc2)[C@@H]1c1ccc(OC)cc1. The molecule has 1 aliphatic rings. The zero-order chi connectivity index (χ0) is 21.9. The van der Waals surface area contributed by atoms with E-state index in [9.17, 15) is 9.59 Å². The van der Waals surface area contributed by atoms with Crippen LogP contribution < -0.4 is 4.74 Å². The number of carbonyl (C=O) groups excluding carboxylic acids is 2. The van der Waals surface area contributed by atoms with Crippen LogP contribution in [0.15, 0.2) is 48.5 Å². The summed E-state index contributed by atoms with van der Waals surface area (Å²) in [4.78, 5) is 27.6. The lowest BCUT2D eigenvalue weighted by Gasteiger charge is -2.48. The number of β-lactam (4-membered cyclic amide) rings is 1. The van der Waals surface area contributed by atoms with E-state index in [4.69, 9.17) is 20.8 Å². The highest BCUT2D eigenvalue weighted by atomic mass is 35.5. The lowest BCUT2D eigenvalue weighted by atomic mass is 9.90. The van der Waals surface area contributed by atoms with E-state index in [1.165, 1.54) is 4.90 Å². The molecule has 30 heavy (non-hydrogen) atoms. The Labute approximate surface area is 184 Å². The third-order valence-corrected chi connectivity index (χ3v) is 11.0. The monoisotopic (exact) mass is 445 g/mol. The van der Waals surface area contributed by atoms with Crippen molar-refractivity contribution in [1.29, 1.82) is 0 Å². The van der Waals surface area contributed by atoms with E-state index in [2.05, 4.69) is 20.8 Å². The van der Waals surface area contributed by atoms with Crippen molar-refractivity contribution in [1.82, 2.24) is 4.90 Å². The molecule has 3 rings (SSSR count). The van der Waals surface area contributed by atoms with Crippen LogP contribution in [0.2, 0.25) is 23.2 Å². The van der Waals surface area contributed by atoms with Crippen LogP contribution in [0.3, 0.4) is 0 Å². The molecule has 1 saturated heterocycles. The van der Waals surface area contributed by atoms with Crippen molar-refractivity contribution in [2.75, 3.05) is 7.11 Å². The average Bonchev–Trinajstić information content (AvgIpc) is 2.79. The normalized spacial score (nSPS) is 18.8. The summed E-state index contributed by atoms with van der Waals surface area (Å²) >= 11 is 5.95. The number of amides is 2. The van der Waals surface area contributed by atoms with Crippen molar-refractivity contribution in [3.63, 3.8) is 0 Å². The van der Waals surface area contributed by atoms with Crippen molar-refractivity contribution in [3.8, 4) is 5.75 Å². The molecule has 0 bridgehead atoms. The topological polar surface area (TPSA) is 55.8 Å². The van der Waals surface area contributed by atoms with E-state index in [1.807, 2.05) is 24.3 Å². The van der Waals surface area contributed by atoms with Gasteiger partial charge >= 0.3 is 0 Å². The van der Waals surface area contributed by atoms with Gasteiger partial charge in [0.1, 0.15) is 5.75 Å². The molecule has 1 heterocycles. The van der Waals surface area contributed by atoms with Crippen LogP contribution in [0.25, 0.3) is 0 Å². The van der Waals surface area contributed by atoms with Gasteiger partial charge in [-0.05, 0) is 60.1 Å². The van der Waals surface area contributed by atoms with Crippen LogP contribution in [0, 0.1) is 0 Å². The number of hydrogen-bond acceptors (Lipinski definition) is 4. The molecule has 160 valence electrons. The molecule has 0 spiro atoms. The molecule has 7 heteroatoms. The Balaban J connectivity index is 1.96. The van der Waals surface area contributed by atoms with Crippen molar-refractivity contribution < 1.29 is 18.8 Å². The summed E-state index contributed by atoms with van der Waals surface area (Å²) in [5, 5.41) is 0.541. The number of ether oxygens (including phenoxy) is 1. The molecule has 0 aliphatic carbocycles. The number of rotatable bonds is 8. The molecule has 2 atom stereocenters. The van der Waals surface area contributed by atoms with Gasteiger partial charge in [-0.25, -0.2) is 0 Å². The first kappa shape index (κ1) is 22.5. The summed E-state index contributed by atoms with van der Waals surface area (Å²) in [7, 11) is -0.432. The molecule has 0 saturated carbocycles. The standard InChI is InChI=1S/C23H28ClNO4Si/c1-5-30(6-2,7-3)29-21-20(16-10-14-19(28-4)15-11-16)25(23(21)27)22(26)17-8-12-18(24)13-9-17/h8-15,20-21H,5-7H2,1-4H3/t20-,21+/m1/s1. The molecule has 1 aliphatic heterocycles. The van der Waals surface area contributed by atoms with E-state index < -0.39 is 20.5 Å². The number of methoxy groups -OCH3 is 1. The maximum absolute atomic E-state index is 13.2. The van der Waals surface area contributed by atoms with Gasteiger partial charge < -0.3 is 9.16 Å². The molecule has 1 fully saturated rings. The van der Waals surface area contributed by atoms with E-state index in [-0.39, 0.29) is 11.8 Å². The van der Waals surface area contributed by atoms with Crippen molar-refractivity contribution >= 4 is 31.7 Å². The largest absolute Gasteiger partial charge is 0.497 e. The van der Waals surface area contributed by atoms with Crippen molar-refractivity contribution in [2.24, 2.45) is 0 Å². The molecule has 5 nitrogen and oxygen atoms in total. The molecule has 0 unspecified atom stereocenters. The molecule has 2 aromatic rings. The minimum Gasteiger partial charge on any atom is -0.497 e. The summed E-state index contributed by atoms with van der Waals surface area (Å²) in [6, 6.07) is 16.4. The van der Waals surface area contributed by atoms with Gasteiger partial charge in [-0.2, -0.15) is 0 Å². The van der Waals surface area contributed by atoms with Gasteiger partial charge in [0.25, 0.3) is 11.8 Å². The Morgan fingerprint density at radius 1 is 1.00 bits per heavy atom. The van der Waals surface area contributed by atoms with Crippen LogP contribution in [-0.2, 0) is 9.22 Å². The zero-order valence-corrected chi connectivity index (χ0v) is 19.6. The number of imide groups is 1. The second-order valence-corrected chi connectivity index (χ2v) is 12.7. The van der Waals surface area contributed by atoms with Crippen molar-refractivity contribution in [3.05, 3.63) is 64.7 Å². The lowest BCUT2D eigenvalue weighted by Crippen LogP contribution is -2.64. The fourth-order valence-electron chi connectivity index (χ4n) is 3.93. The third kappa shape index (κ3) is 4.17. The summed E-state index contributed by atoms with van der Waals surface area (Å²) in [5.41, 5.74) is 1.28. The smallest absolute Gasteiger partial charge is 0.261 e. The molecular weight excluding hydrogens is 418 g/mol. The fourth-order valence-corrected chi connectivity index (χ4v) is 6.82. The predicted molar refractivity (Wildman–Crippen MR) is 120 cm³/mol. The summed E-state index contributed by atoms with van der Waals surface area (Å²) in [6.45, 7) is 6.38. The third-order valence-electron chi connectivity index (χ3n) is 6.12. The quantitative estimate of drug-likeness (QED) is 0.307. The maximum atomic E-state index is 13.2. The van der Waals surface area contributed by atoms with Gasteiger partial charge in [-0.15, -0.1) is 0 Å². The molecule has 0 radical (unpaired) electrons.